The maximum atomic E-state index is 12.9. The van der Waals surface area contributed by atoms with Crippen molar-refractivity contribution in [3.8, 4) is 5.75 Å². The summed E-state index contributed by atoms with van der Waals surface area (Å²) in [4.78, 5) is 11.7. The van der Waals surface area contributed by atoms with Crippen LogP contribution in [0.3, 0.4) is 0 Å². The van der Waals surface area contributed by atoms with Crippen LogP contribution in [0.5, 0.6) is 5.75 Å². The maximum Gasteiger partial charge on any atom is 0.347 e. The number of hydrogen-bond acceptors (Lipinski definition) is 3. The van der Waals surface area contributed by atoms with Gasteiger partial charge in [0.05, 0.1) is 11.1 Å². The van der Waals surface area contributed by atoms with Gasteiger partial charge in [-0.1, -0.05) is 13.3 Å². The molecule has 3 nitrogen and oxygen atoms in total. The average molecular weight is 319 g/mol. The number of ether oxygens (including phenoxy) is 2. The summed E-state index contributed by atoms with van der Waals surface area (Å²) in [5.41, 5.74) is 0. The highest BCUT2D eigenvalue weighted by Crippen LogP contribution is 2.27. The molecule has 0 aliphatic carbocycles. The van der Waals surface area contributed by atoms with Crippen molar-refractivity contribution in [2.45, 2.75) is 32.8 Å². The molecule has 0 radical (unpaired) electrons. The molecule has 5 heteroatoms. The summed E-state index contributed by atoms with van der Waals surface area (Å²) in [6.07, 6.45) is 0.696. The lowest BCUT2D eigenvalue weighted by Crippen LogP contribution is -2.29. The molecule has 0 aliphatic rings. The SMILES string of the molecule is CCCC(Oc1ccc(F)cc1Br)C(=O)OCC. The van der Waals surface area contributed by atoms with Crippen LogP contribution in [0.15, 0.2) is 22.7 Å². The van der Waals surface area contributed by atoms with E-state index in [4.69, 9.17) is 9.47 Å². The zero-order chi connectivity index (χ0) is 13.5. The van der Waals surface area contributed by atoms with Crippen LogP contribution in [0.25, 0.3) is 0 Å². The Labute approximate surface area is 114 Å². The molecule has 0 fully saturated rings. The normalized spacial score (nSPS) is 12.0. The van der Waals surface area contributed by atoms with Gasteiger partial charge in [0.15, 0.2) is 6.10 Å². The standard InChI is InChI=1S/C13H16BrFO3/c1-3-5-12(13(16)17-4-2)18-11-7-6-9(15)8-10(11)14/h6-8,12H,3-5H2,1-2H3. The van der Waals surface area contributed by atoms with Crippen LogP contribution >= 0.6 is 15.9 Å². The van der Waals surface area contributed by atoms with Gasteiger partial charge in [-0.05, 0) is 47.5 Å². The summed E-state index contributed by atoms with van der Waals surface area (Å²) in [6.45, 7) is 4.01. The molecule has 0 heterocycles. The topological polar surface area (TPSA) is 35.5 Å². The molecule has 1 aromatic carbocycles. The van der Waals surface area contributed by atoms with Crippen LogP contribution in [0.1, 0.15) is 26.7 Å². The van der Waals surface area contributed by atoms with E-state index in [1.807, 2.05) is 6.92 Å². The number of hydrogen-bond donors (Lipinski definition) is 0. The van der Waals surface area contributed by atoms with Crippen molar-refractivity contribution in [2.75, 3.05) is 6.61 Å². The average Bonchev–Trinajstić information content (AvgIpc) is 2.32. The first-order valence-electron chi connectivity index (χ1n) is 5.86. The maximum absolute atomic E-state index is 12.9. The second-order valence-corrected chi connectivity index (χ2v) is 4.58. The number of benzene rings is 1. The van der Waals surface area contributed by atoms with Gasteiger partial charge in [-0.2, -0.15) is 0 Å². The largest absolute Gasteiger partial charge is 0.478 e. The Hall–Kier alpha value is -1.10. The minimum Gasteiger partial charge on any atom is -0.478 e. The lowest BCUT2D eigenvalue weighted by molar-refractivity contribution is -0.151. The Balaban J connectivity index is 2.79. The number of rotatable bonds is 6. The predicted octanol–water partition coefficient (Wildman–Crippen LogP) is 3.70. The second kappa shape index (κ2) is 7.36. The molecule has 0 saturated carbocycles. The third-order valence-electron chi connectivity index (χ3n) is 2.26. The van der Waals surface area contributed by atoms with Crippen LogP contribution in [0.4, 0.5) is 4.39 Å². The predicted molar refractivity (Wildman–Crippen MR) is 70.1 cm³/mol. The number of carbonyl (C=O) groups is 1. The lowest BCUT2D eigenvalue weighted by atomic mass is 10.2. The Morgan fingerprint density at radius 1 is 1.44 bits per heavy atom. The Kier molecular flexibility index (Phi) is 6.12. The van der Waals surface area contributed by atoms with Gasteiger partial charge in [0.25, 0.3) is 0 Å². The Bertz CT molecular complexity index is 409. The van der Waals surface area contributed by atoms with E-state index in [1.165, 1.54) is 18.2 Å². The lowest BCUT2D eigenvalue weighted by Gasteiger charge is -2.17. The molecule has 0 bridgehead atoms. The third-order valence-corrected chi connectivity index (χ3v) is 2.88. The zero-order valence-electron chi connectivity index (χ0n) is 10.4. The highest BCUT2D eigenvalue weighted by molar-refractivity contribution is 9.10. The van der Waals surface area contributed by atoms with Crippen molar-refractivity contribution in [3.63, 3.8) is 0 Å². The molecular weight excluding hydrogens is 303 g/mol. The number of halogens is 2. The fraction of sp³-hybridized carbons (Fsp3) is 0.462. The fourth-order valence-corrected chi connectivity index (χ4v) is 1.89. The highest BCUT2D eigenvalue weighted by atomic mass is 79.9. The van der Waals surface area contributed by atoms with E-state index >= 15 is 0 Å². The van der Waals surface area contributed by atoms with E-state index in [0.29, 0.717) is 23.2 Å². The molecule has 1 aromatic rings. The van der Waals surface area contributed by atoms with Crippen LogP contribution in [0, 0.1) is 5.82 Å². The molecule has 0 amide bonds. The van der Waals surface area contributed by atoms with Crippen molar-refractivity contribution < 1.29 is 18.7 Å². The molecule has 0 aliphatic heterocycles. The van der Waals surface area contributed by atoms with E-state index in [0.717, 1.165) is 6.42 Å². The van der Waals surface area contributed by atoms with Gasteiger partial charge < -0.3 is 9.47 Å². The van der Waals surface area contributed by atoms with Crippen LogP contribution in [0.2, 0.25) is 0 Å². The van der Waals surface area contributed by atoms with E-state index in [1.54, 1.807) is 6.92 Å². The van der Waals surface area contributed by atoms with Crippen LogP contribution < -0.4 is 4.74 Å². The number of esters is 1. The molecule has 0 N–H and O–H groups in total. The summed E-state index contributed by atoms with van der Waals surface area (Å²) in [7, 11) is 0. The van der Waals surface area contributed by atoms with Crippen molar-refractivity contribution in [1.82, 2.24) is 0 Å². The Morgan fingerprint density at radius 3 is 2.72 bits per heavy atom. The smallest absolute Gasteiger partial charge is 0.347 e. The minimum atomic E-state index is -0.656. The number of carbonyl (C=O) groups excluding carboxylic acids is 1. The fourth-order valence-electron chi connectivity index (χ4n) is 1.45. The van der Waals surface area contributed by atoms with Gasteiger partial charge in [0, 0.05) is 0 Å². The molecule has 18 heavy (non-hydrogen) atoms. The molecule has 0 spiro atoms. The second-order valence-electron chi connectivity index (χ2n) is 3.72. The highest BCUT2D eigenvalue weighted by Gasteiger charge is 2.21. The molecule has 1 unspecified atom stereocenters. The van der Waals surface area contributed by atoms with Gasteiger partial charge >= 0.3 is 5.97 Å². The third kappa shape index (κ3) is 4.29. The van der Waals surface area contributed by atoms with Gasteiger partial charge in [0.1, 0.15) is 11.6 Å². The van der Waals surface area contributed by atoms with Gasteiger partial charge in [-0.3, -0.25) is 0 Å². The van der Waals surface area contributed by atoms with E-state index in [2.05, 4.69) is 15.9 Å². The summed E-state index contributed by atoms with van der Waals surface area (Å²) in [5.74, 6) is -0.323. The van der Waals surface area contributed by atoms with E-state index < -0.39 is 12.1 Å². The summed E-state index contributed by atoms with van der Waals surface area (Å²) in [6, 6.07) is 4.07. The van der Waals surface area contributed by atoms with Crippen LogP contribution in [-0.4, -0.2) is 18.7 Å². The van der Waals surface area contributed by atoms with E-state index in [9.17, 15) is 9.18 Å². The minimum absolute atomic E-state index is 0.312. The molecule has 1 atom stereocenters. The first kappa shape index (κ1) is 15.0. The summed E-state index contributed by atoms with van der Waals surface area (Å²) < 4.78 is 23.9. The van der Waals surface area contributed by atoms with E-state index in [-0.39, 0.29) is 5.82 Å². The molecule has 100 valence electrons. The summed E-state index contributed by atoms with van der Waals surface area (Å²) >= 11 is 3.20. The molecular formula is C13H16BrFO3. The first-order chi connectivity index (χ1) is 8.58. The van der Waals surface area contributed by atoms with Gasteiger partial charge in [-0.15, -0.1) is 0 Å². The van der Waals surface area contributed by atoms with Crippen molar-refractivity contribution in [3.05, 3.63) is 28.5 Å². The quantitative estimate of drug-likeness (QED) is 0.750. The monoisotopic (exact) mass is 318 g/mol. The van der Waals surface area contributed by atoms with Crippen molar-refractivity contribution in [2.24, 2.45) is 0 Å². The van der Waals surface area contributed by atoms with Gasteiger partial charge in [-0.25, -0.2) is 9.18 Å². The molecule has 1 rings (SSSR count). The van der Waals surface area contributed by atoms with Crippen molar-refractivity contribution >= 4 is 21.9 Å². The summed E-state index contributed by atoms with van der Waals surface area (Å²) in [5, 5.41) is 0. The van der Waals surface area contributed by atoms with Crippen molar-refractivity contribution in [1.29, 1.82) is 0 Å². The first-order valence-corrected chi connectivity index (χ1v) is 6.66. The zero-order valence-corrected chi connectivity index (χ0v) is 12.0. The Morgan fingerprint density at radius 2 is 2.17 bits per heavy atom. The van der Waals surface area contributed by atoms with Gasteiger partial charge in [0.2, 0.25) is 0 Å². The molecule has 0 aromatic heterocycles. The molecule has 0 saturated heterocycles. The van der Waals surface area contributed by atoms with Crippen LogP contribution in [-0.2, 0) is 9.53 Å².